The minimum Gasteiger partial charge on any atom is -0.206 e. The van der Waals surface area contributed by atoms with Gasteiger partial charge in [-0.3, -0.25) is 0 Å². The number of rotatable bonds is 8. The summed E-state index contributed by atoms with van der Waals surface area (Å²) in [7, 11) is 0. The third kappa shape index (κ3) is 6.80. The van der Waals surface area contributed by atoms with E-state index in [-0.39, 0.29) is 11.7 Å². The van der Waals surface area contributed by atoms with Gasteiger partial charge in [0.25, 0.3) is 0 Å². The minimum absolute atomic E-state index is 0.0908. The summed E-state index contributed by atoms with van der Waals surface area (Å²) in [4.78, 5) is 0. The van der Waals surface area contributed by atoms with E-state index in [0.29, 0.717) is 36.3 Å². The van der Waals surface area contributed by atoms with Crippen molar-refractivity contribution in [1.29, 1.82) is 0 Å². The molecule has 0 bridgehead atoms. The number of benzene rings is 2. The first kappa shape index (κ1) is 28.4. The van der Waals surface area contributed by atoms with E-state index in [1.807, 2.05) is 12.1 Å². The van der Waals surface area contributed by atoms with Crippen LogP contribution in [0, 0.1) is 41.0 Å². The molecule has 2 saturated carbocycles. The van der Waals surface area contributed by atoms with E-state index in [1.54, 1.807) is 6.07 Å². The van der Waals surface area contributed by atoms with Crippen LogP contribution in [-0.4, -0.2) is 0 Å². The van der Waals surface area contributed by atoms with Gasteiger partial charge in [0, 0.05) is 5.56 Å². The van der Waals surface area contributed by atoms with E-state index in [9.17, 15) is 13.2 Å². The summed E-state index contributed by atoms with van der Waals surface area (Å²) in [6.45, 7) is 2.28. The van der Waals surface area contributed by atoms with Gasteiger partial charge < -0.3 is 0 Å². The Kier molecular flexibility index (Phi) is 9.51. The molecule has 0 aromatic heterocycles. The van der Waals surface area contributed by atoms with Crippen LogP contribution in [0.5, 0.6) is 0 Å². The molecule has 2 aromatic rings. The highest BCUT2D eigenvalue weighted by Gasteiger charge is 2.31. The van der Waals surface area contributed by atoms with Gasteiger partial charge >= 0.3 is 0 Å². The monoisotopic (exact) mass is 540 g/mol. The van der Waals surface area contributed by atoms with Gasteiger partial charge in [0.05, 0.1) is 0 Å². The molecule has 0 heterocycles. The molecule has 2 aromatic carbocycles. The zero-order chi connectivity index (χ0) is 27.4. The molecule has 0 radical (unpaired) electrons. The van der Waals surface area contributed by atoms with E-state index in [4.69, 9.17) is 0 Å². The number of unbranched alkanes of at least 4 members (excludes halogenated alkanes) is 2. The first-order chi connectivity index (χ1) is 18.9. The van der Waals surface area contributed by atoms with Gasteiger partial charge in [-0.2, -0.15) is 0 Å². The van der Waals surface area contributed by atoms with Crippen LogP contribution in [0.1, 0.15) is 132 Å². The molecule has 1 atom stereocenters. The largest absolute Gasteiger partial charge is 0.206 e. The Morgan fingerprint density at radius 2 is 1.31 bits per heavy atom. The van der Waals surface area contributed by atoms with E-state index in [0.717, 1.165) is 53.9 Å². The maximum absolute atomic E-state index is 15.3. The van der Waals surface area contributed by atoms with Crippen LogP contribution in [0.15, 0.2) is 36.4 Å². The second kappa shape index (κ2) is 13.0. The Labute approximate surface area is 232 Å². The van der Waals surface area contributed by atoms with E-state index < -0.39 is 17.5 Å². The molecular formula is C35H44F4. The van der Waals surface area contributed by atoms with Crippen LogP contribution in [0.3, 0.4) is 0 Å². The van der Waals surface area contributed by atoms with Gasteiger partial charge in [-0.15, -0.1) is 0 Å². The molecular weight excluding hydrogens is 496 g/mol. The Morgan fingerprint density at radius 1 is 0.667 bits per heavy atom. The normalized spacial score (nSPS) is 27.8. The molecule has 0 N–H and O–H groups in total. The third-order valence-corrected chi connectivity index (χ3v) is 10.2. The predicted molar refractivity (Wildman–Crippen MR) is 152 cm³/mol. The standard InChI is InChI=1S/C35H44F4/c1-2-3-4-5-23-6-8-24(9-7-23)25-10-12-26(13-11-25)29-18-19-31(32(36)20-29)28-16-14-27(15-17-28)30-21-33(37)35(39)34(38)22-30/h16,18-27H,2-15,17H2,1H3/t23?,24?,25-,26-,27?. The number of hydrogen-bond donors (Lipinski definition) is 0. The van der Waals surface area contributed by atoms with Crippen molar-refractivity contribution >= 4 is 5.57 Å². The fourth-order valence-corrected chi connectivity index (χ4v) is 7.79. The maximum Gasteiger partial charge on any atom is 0.194 e. The molecule has 0 spiro atoms. The lowest BCUT2D eigenvalue weighted by atomic mass is 9.68. The molecule has 3 aliphatic rings. The molecule has 3 aliphatic carbocycles. The number of halogens is 4. The van der Waals surface area contributed by atoms with Gasteiger partial charge in [-0.05, 0) is 122 Å². The smallest absolute Gasteiger partial charge is 0.194 e. The maximum atomic E-state index is 15.3. The highest BCUT2D eigenvalue weighted by Crippen LogP contribution is 2.45. The Morgan fingerprint density at radius 3 is 1.90 bits per heavy atom. The van der Waals surface area contributed by atoms with Crippen LogP contribution in [0.4, 0.5) is 17.6 Å². The van der Waals surface area contributed by atoms with Crippen LogP contribution in [-0.2, 0) is 0 Å². The van der Waals surface area contributed by atoms with E-state index in [1.165, 1.54) is 64.2 Å². The van der Waals surface area contributed by atoms with Crippen LogP contribution >= 0.6 is 0 Å². The van der Waals surface area contributed by atoms with Gasteiger partial charge in [-0.25, -0.2) is 17.6 Å². The molecule has 0 aliphatic heterocycles. The lowest BCUT2D eigenvalue weighted by molar-refractivity contribution is 0.155. The molecule has 4 heteroatoms. The first-order valence-corrected chi connectivity index (χ1v) is 15.6. The Bertz CT molecular complexity index is 1110. The molecule has 0 amide bonds. The fraction of sp³-hybridized carbons (Fsp3) is 0.600. The predicted octanol–water partition coefficient (Wildman–Crippen LogP) is 11.3. The van der Waals surface area contributed by atoms with Crippen LogP contribution in [0.25, 0.3) is 5.57 Å². The van der Waals surface area contributed by atoms with Crippen molar-refractivity contribution in [3.8, 4) is 0 Å². The number of allylic oxidation sites excluding steroid dienone is 2. The van der Waals surface area contributed by atoms with Crippen molar-refractivity contribution < 1.29 is 17.6 Å². The fourth-order valence-electron chi connectivity index (χ4n) is 7.79. The topological polar surface area (TPSA) is 0 Å². The van der Waals surface area contributed by atoms with Crippen LogP contribution < -0.4 is 0 Å². The van der Waals surface area contributed by atoms with Crippen molar-refractivity contribution in [2.24, 2.45) is 17.8 Å². The molecule has 0 saturated heterocycles. The highest BCUT2D eigenvalue weighted by molar-refractivity contribution is 5.67. The van der Waals surface area contributed by atoms with Crippen molar-refractivity contribution in [1.82, 2.24) is 0 Å². The summed E-state index contributed by atoms with van der Waals surface area (Å²) < 4.78 is 56.0. The SMILES string of the molecule is CCCCCC1CCC([C@H]2CC[C@H](c3ccc(C4=CCC(c5cc(F)c(F)c(F)c5)CC4)c(F)c3)CC2)CC1. The summed E-state index contributed by atoms with van der Waals surface area (Å²) in [5.41, 5.74) is 3.18. The molecule has 0 nitrogen and oxygen atoms in total. The lowest BCUT2D eigenvalue weighted by Crippen LogP contribution is -2.25. The van der Waals surface area contributed by atoms with E-state index in [2.05, 4.69) is 13.0 Å². The number of hydrogen-bond acceptors (Lipinski definition) is 0. The van der Waals surface area contributed by atoms with E-state index >= 15 is 4.39 Å². The summed E-state index contributed by atoms with van der Waals surface area (Å²) in [6.07, 6.45) is 19.9. The van der Waals surface area contributed by atoms with Crippen molar-refractivity contribution in [2.45, 2.75) is 115 Å². The average molecular weight is 541 g/mol. The molecule has 2 fully saturated rings. The van der Waals surface area contributed by atoms with Crippen LogP contribution in [0.2, 0.25) is 0 Å². The zero-order valence-corrected chi connectivity index (χ0v) is 23.5. The van der Waals surface area contributed by atoms with Gasteiger partial charge in [-0.1, -0.05) is 63.7 Å². The molecule has 212 valence electrons. The minimum atomic E-state index is -1.43. The second-order valence-electron chi connectivity index (χ2n) is 12.6. The third-order valence-electron chi connectivity index (χ3n) is 10.2. The van der Waals surface area contributed by atoms with Crippen molar-refractivity contribution in [3.63, 3.8) is 0 Å². The van der Waals surface area contributed by atoms with Crippen molar-refractivity contribution in [2.75, 3.05) is 0 Å². The molecule has 1 unspecified atom stereocenters. The van der Waals surface area contributed by atoms with Gasteiger partial charge in [0.15, 0.2) is 17.5 Å². The Balaban J connectivity index is 1.13. The lowest BCUT2D eigenvalue weighted by Gasteiger charge is -2.38. The van der Waals surface area contributed by atoms with Gasteiger partial charge in [0.1, 0.15) is 5.82 Å². The summed E-state index contributed by atoms with van der Waals surface area (Å²) in [6, 6.07) is 7.97. The van der Waals surface area contributed by atoms with Gasteiger partial charge in [0.2, 0.25) is 0 Å². The quantitative estimate of drug-likeness (QED) is 0.177. The summed E-state index contributed by atoms with van der Waals surface area (Å²) in [5.74, 6) is -0.828. The molecule has 39 heavy (non-hydrogen) atoms. The Hall–Kier alpha value is -2.10. The van der Waals surface area contributed by atoms with Crippen molar-refractivity contribution in [3.05, 3.63) is 76.4 Å². The zero-order valence-electron chi connectivity index (χ0n) is 23.5. The summed E-state index contributed by atoms with van der Waals surface area (Å²) in [5, 5.41) is 0. The molecule has 5 rings (SSSR count). The second-order valence-corrected chi connectivity index (χ2v) is 12.6. The highest BCUT2D eigenvalue weighted by atomic mass is 19.2. The average Bonchev–Trinajstić information content (AvgIpc) is 2.96. The first-order valence-electron chi connectivity index (χ1n) is 15.6. The summed E-state index contributed by atoms with van der Waals surface area (Å²) >= 11 is 0.